The number of benzene rings is 2. The van der Waals surface area contributed by atoms with Crippen molar-refractivity contribution in [3.63, 3.8) is 0 Å². The van der Waals surface area contributed by atoms with Crippen molar-refractivity contribution in [3.05, 3.63) is 91.7 Å². The van der Waals surface area contributed by atoms with Gasteiger partial charge in [0.1, 0.15) is 5.01 Å². The molecule has 174 valence electrons. The molecule has 3 heterocycles. The molecule has 0 bridgehead atoms. The highest BCUT2D eigenvalue weighted by Crippen LogP contribution is 2.27. The van der Waals surface area contributed by atoms with Gasteiger partial charge in [-0.1, -0.05) is 41.7 Å². The Hall–Kier alpha value is -3.36. The minimum atomic E-state index is -0.167. The van der Waals surface area contributed by atoms with Gasteiger partial charge >= 0.3 is 4.87 Å². The van der Waals surface area contributed by atoms with E-state index < -0.39 is 0 Å². The molecule has 0 radical (unpaired) electrons. The Kier molecular flexibility index (Phi) is 6.26. The Labute approximate surface area is 201 Å². The van der Waals surface area contributed by atoms with Crippen LogP contribution >= 0.6 is 11.3 Å². The number of likely N-dealkylation sites (N-methyl/N-ethyl adjacent to an activating group) is 1. The predicted molar refractivity (Wildman–Crippen MR) is 135 cm³/mol. The molecule has 4 aromatic rings. The lowest BCUT2D eigenvalue weighted by atomic mass is 9.99. The number of nitrogens with zero attached hydrogens (tertiary/aromatic N) is 3. The number of aromatic nitrogens is 3. The van der Waals surface area contributed by atoms with Crippen LogP contribution in [-0.4, -0.2) is 52.2 Å². The van der Waals surface area contributed by atoms with Gasteiger partial charge in [0, 0.05) is 35.7 Å². The van der Waals surface area contributed by atoms with E-state index in [1.807, 2.05) is 44.3 Å². The van der Waals surface area contributed by atoms with E-state index in [-0.39, 0.29) is 22.7 Å². The number of hydrogen-bond acceptors (Lipinski definition) is 6. The minimum absolute atomic E-state index is 0.0100. The van der Waals surface area contributed by atoms with Crippen molar-refractivity contribution < 1.29 is 4.79 Å². The molecule has 2 aromatic carbocycles. The maximum absolute atomic E-state index is 12.9. The highest BCUT2D eigenvalue weighted by molar-refractivity contribution is 7.08. The summed E-state index contributed by atoms with van der Waals surface area (Å²) >= 11 is 1.12. The van der Waals surface area contributed by atoms with Gasteiger partial charge in [-0.3, -0.25) is 14.6 Å². The second kappa shape index (κ2) is 9.48. The highest BCUT2D eigenvalue weighted by atomic mass is 32.1. The zero-order valence-corrected chi connectivity index (χ0v) is 20.1. The molecule has 2 unspecified atom stereocenters. The van der Waals surface area contributed by atoms with Crippen molar-refractivity contribution in [2.75, 3.05) is 20.1 Å². The van der Waals surface area contributed by atoms with Crippen molar-refractivity contribution in [2.24, 2.45) is 0 Å². The Morgan fingerprint density at radius 1 is 1.15 bits per heavy atom. The van der Waals surface area contributed by atoms with Gasteiger partial charge < -0.3 is 10.2 Å². The average Bonchev–Trinajstić information content (AvgIpc) is 3.42. The van der Waals surface area contributed by atoms with Crippen molar-refractivity contribution >= 4 is 28.1 Å². The monoisotopic (exact) mass is 473 g/mol. The van der Waals surface area contributed by atoms with Crippen molar-refractivity contribution in [1.82, 2.24) is 25.4 Å². The van der Waals surface area contributed by atoms with Gasteiger partial charge in [0.05, 0.1) is 11.6 Å². The summed E-state index contributed by atoms with van der Waals surface area (Å²) in [6.45, 7) is 3.51. The second-order valence-electron chi connectivity index (χ2n) is 9.00. The van der Waals surface area contributed by atoms with Crippen molar-refractivity contribution in [2.45, 2.75) is 31.7 Å². The minimum Gasteiger partial charge on any atom is -0.347 e. The topological polar surface area (TPSA) is 91.0 Å². The molecule has 2 aromatic heterocycles. The third kappa shape index (κ3) is 4.78. The molecule has 34 heavy (non-hydrogen) atoms. The molecule has 5 rings (SSSR count). The number of H-pyrrole nitrogens is 1. The number of hydrogen-bond donors (Lipinski definition) is 2. The Bertz CT molecular complexity index is 1380. The van der Waals surface area contributed by atoms with Crippen LogP contribution in [0.3, 0.4) is 0 Å². The number of aromatic amines is 1. The quantitative estimate of drug-likeness (QED) is 0.448. The summed E-state index contributed by atoms with van der Waals surface area (Å²) in [5.41, 5.74) is 5.18. The van der Waals surface area contributed by atoms with E-state index in [1.54, 1.807) is 0 Å². The third-order valence-corrected chi connectivity index (χ3v) is 7.30. The maximum Gasteiger partial charge on any atom is 0.322 e. The lowest BCUT2D eigenvalue weighted by Crippen LogP contribution is -2.39. The van der Waals surface area contributed by atoms with Crippen LogP contribution in [0.1, 0.15) is 38.1 Å². The fourth-order valence-electron chi connectivity index (χ4n) is 4.75. The molecular formula is C26H27N5O2S. The summed E-state index contributed by atoms with van der Waals surface area (Å²) in [6.07, 6.45) is 1.81. The van der Waals surface area contributed by atoms with E-state index >= 15 is 0 Å². The first-order valence-electron chi connectivity index (χ1n) is 11.5. The van der Waals surface area contributed by atoms with Crippen LogP contribution in [0, 0.1) is 6.92 Å². The van der Waals surface area contributed by atoms with Gasteiger partial charge in [-0.2, -0.15) is 5.10 Å². The van der Waals surface area contributed by atoms with Crippen LogP contribution in [0.4, 0.5) is 0 Å². The first-order chi connectivity index (χ1) is 16.5. The fourth-order valence-corrected chi connectivity index (χ4v) is 5.51. The molecule has 0 spiro atoms. The summed E-state index contributed by atoms with van der Waals surface area (Å²) in [5.74, 6) is -0.0914. The van der Waals surface area contributed by atoms with E-state index in [9.17, 15) is 9.59 Å². The van der Waals surface area contributed by atoms with Crippen LogP contribution in [0.2, 0.25) is 0 Å². The Morgan fingerprint density at radius 3 is 2.71 bits per heavy atom. The van der Waals surface area contributed by atoms with Crippen LogP contribution < -0.4 is 10.2 Å². The largest absolute Gasteiger partial charge is 0.347 e. The average molecular weight is 474 g/mol. The number of aryl methyl sites for hydroxylation is 3. The molecule has 8 heteroatoms. The first-order valence-corrected chi connectivity index (χ1v) is 12.3. The predicted octanol–water partition coefficient (Wildman–Crippen LogP) is 3.30. The molecule has 2 atom stereocenters. The molecule has 0 aliphatic carbocycles. The van der Waals surface area contributed by atoms with Gasteiger partial charge in [-0.25, -0.2) is 5.10 Å². The number of pyridine rings is 1. The van der Waals surface area contributed by atoms with Gasteiger partial charge in [-0.15, -0.1) is 0 Å². The molecule has 7 nitrogen and oxygen atoms in total. The molecule has 1 fully saturated rings. The van der Waals surface area contributed by atoms with Gasteiger partial charge in [0.2, 0.25) is 0 Å². The Balaban J connectivity index is 1.24. The first kappa shape index (κ1) is 22.4. The zero-order valence-electron chi connectivity index (χ0n) is 19.2. The van der Waals surface area contributed by atoms with Crippen LogP contribution in [0.15, 0.2) is 59.4 Å². The smallest absolute Gasteiger partial charge is 0.322 e. The fraction of sp³-hybridized carbons (Fsp3) is 0.308. The lowest BCUT2D eigenvalue weighted by Gasteiger charge is -2.18. The number of rotatable bonds is 6. The van der Waals surface area contributed by atoms with Crippen molar-refractivity contribution in [1.29, 1.82) is 0 Å². The highest BCUT2D eigenvalue weighted by Gasteiger charge is 2.35. The van der Waals surface area contributed by atoms with E-state index in [0.717, 1.165) is 53.5 Å². The number of fused-ring (bicyclic) bond motifs is 1. The van der Waals surface area contributed by atoms with Crippen LogP contribution in [0.5, 0.6) is 0 Å². The molecule has 0 saturated carbocycles. The molecule has 1 aliphatic heterocycles. The standard InChI is InChI=1S/C26H27N5O2S/c1-16-13-19(20-5-3-4-6-22(20)27-16)12-9-17-7-10-18(11-8-17)24(32)28-23-15-31(2)14-21(23)25-29-30-26(33)34-25/h3-8,10-11,13,21,23H,9,12,14-15H2,1-2H3,(H,28,32)(H,30,33). The van der Waals surface area contributed by atoms with E-state index in [1.165, 1.54) is 16.5 Å². The summed E-state index contributed by atoms with van der Waals surface area (Å²) < 4.78 is 0. The summed E-state index contributed by atoms with van der Waals surface area (Å²) in [5, 5.41) is 11.7. The van der Waals surface area contributed by atoms with Gasteiger partial charge in [0.15, 0.2) is 0 Å². The van der Waals surface area contributed by atoms with E-state index in [4.69, 9.17) is 0 Å². The number of nitrogens with one attached hydrogen (secondary N) is 2. The molecule has 1 saturated heterocycles. The Morgan fingerprint density at radius 2 is 1.94 bits per heavy atom. The van der Waals surface area contributed by atoms with Gasteiger partial charge in [0.25, 0.3) is 5.91 Å². The normalized spacial score (nSPS) is 18.4. The summed E-state index contributed by atoms with van der Waals surface area (Å²) in [6, 6.07) is 18.2. The SMILES string of the molecule is Cc1cc(CCc2ccc(C(=O)NC3CN(C)CC3c3n[nH]c(=O)s3)cc2)c2ccccc2n1. The lowest BCUT2D eigenvalue weighted by molar-refractivity contribution is 0.0935. The molecule has 2 N–H and O–H groups in total. The zero-order chi connectivity index (χ0) is 23.7. The van der Waals surface area contributed by atoms with E-state index in [0.29, 0.717) is 5.56 Å². The number of carbonyl (C=O) groups is 1. The molecular weight excluding hydrogens is 446 g/mol. The van der Waals surface area contributed by atoms with E-state index in [2.05, 4.69) is 49.7 Å². The summed E-state index contributed by atoms with van der Waals surface area (Å²) in [7, 11) is 2.01. The van der Waals surface area contributed by atoms with Crippen LogP contribution in [-0.2, 0) is 12.8 Å². The number of para-hydroxylation sites is 1. The maximum atomic E-state index is 12.9. The second-order valence-corrected chi connectivity index (χ2v) is 9.99. The summed E-state index contributed by atoms with van der Waals surface area (Å²) in [4.78, 5) is 31.1. The number of carbonyl (C=O) groups excluding carboxylic acids is 1. The number of amides is 1. The number of likely N-dealkylation sites (tertiary alicyclic amines) is 1. The van der Waals surface area contributed by atoms with Gasteiger partial charge in [-0.05, 0) is 62.2 Å². The van der Waals surface area contributed by atoms with Crippen LogP contribution in [0.25, 0.3) is 10.9 Å². The molecule has 1 aliphatic rings. The molecule has 1 amide bonds. The third-order valence-electron chi connectivity index (χ3n) is 6.42. The van der Waals surface area contributed by atoms with Crippen molar-refractivity contribution in [3.8, 4) is 0 Å².